The Morgan fingerprint density at radius 2 is 1.80 bits per heavy atom. The minimum absolute atomic E-state index is 0.687. The lowest BCUT2D eigenvalue weighted by Crippen LogP contribution is -1.99. The van der Waals surface area contributed by atoms with Crippen molar-refractivity contribution < 1.29 is 0 Å². The molecule has 0 bridgehead atoms. The summed E-state index contributed by atoms with van der Waals surface area (Å²) in [5.74, 6) is 0.687. The summed E-state index contributed by atoms with van der Waals surface area (Å²) in [6.07, 6.45) is 14.8. The van der Waals surface area contributed by atoms with Gasteiger partial charge in [-0.15, -0.1) is 0 Å². The third-order valence-electron chi connectivity index (χ3n) is 4.21. The van der Waals surface area contributed by atoms with E-state index in [1.54, 1.807) is 0 Å². The van der Waals surface area contributed by atoms with Crippen LogP contribution in [0.15, 0.2) is 30.6 Å². The molecule has 0 fully saturated rings. The molecule has 1 atom stereocenters. The number of nitrogens with zero attached hydrogens (tertiary/aromatic N) is 2. The second-order valence-electron chi connectivity index (χ2n) is 5.82. The van der Waals surface area contributed by atoms with Crippen LogP contribution in [0.5, 0.6) is 0 Å². The maximum absolute atomic E-state index is 4.51. The molecule has 2 aromatic rings. The third-order valence-corrected chi connectivity index (χ3v) is 4.21. The van der Waals surface area contributed by atoms with E-state index in [0.29, 0.717) is 5.92 Å². The van der Waals surface area contributed by atoms with Gasteiger partial charge in [0, 0.05) is 11.8 Å². The average molecular weight is 272 g/mol. The van der Waals surface area contributed by atoms with Gasteiger partial charge in [-0.1, -0.05) is 58.4 Å². The monoisotopic (exact) mass is 272 g/mol. The molecule has 0 saturated carbocycles. The first-order valence-corrected chi connectivity index (χ1v) is 8.29. The number of hydrogen-bond acceptors (Lipinski definition) is 1. The fourth-order valence-electron chi connectivity index (χ4n) is 2.99. The summed E-state index contributed by atoms with van der Waals surface area (Å²) < 4.78 is 2.01. The Labute approximate surface area is 123 Å². The normalized spacial score (nSPS) is 12.9. The Balaban J connectivity index is 2.08. The zero-order valence-electron chi connectivity index (χ0n) is 13.0. The van der Waals surface area contributed by atoms with Gasteiger partial charge in [0.2, 0.25) is 0 Å². The van der Waals surface area contributed by atoms with Crippen LogP contribution in [0, 0.1) is 0 Å². The van der Waals surface area contributed by atoms with E-state index < -0.39 is 0 Å². The van der Waals surface area contributed by atoms with Crippen LogP contribution in [0.4, 0.5) is 0 Å². The number of fused-ring (bicyclic) bond motifs is 1. The van der Waals surface area contributed by atoms with Crippen molar-refractivity contribution in [2.45, 2.75) is 71.1 Å². The molecular formula is C18H28N2. The van der Waals surface area contributed by atoms with Crippen LogP contribution >= 0.6 is 0 Å². The Morgan fingerprint density at radius 1 is 1.00 bits per heavy atom. The average Bonchev–Trinajstić information content (AvgIpc) is 2.91. The van der Waals surface area contributed by atoms with Gasteiger partial charge in [-0.25, -0.2) is 4.52 Å². The van der Waals surface area contributed by atoms with Gasteiger partial charge in [-0.2, -0.15) is 5.10 Å². The smallest absolute Gasteiger partial charge is 0.0696 e. The molecule has 2 nitrogen and oxygen atoms in total. The molecule has 2 rings (SSSR count). The Hall–Kier alpha value is -1.31. The van der Waals surface area contributed by atoms with Crippen LogP contribution in [0.3, 0.4) is 0 Å². The summed E-state index contributed by atoms with van der Waals surface area (Å²) in [6, 6.07) is 6.37. The maximum atomic E-state index is 4.51. The highest BCUT2D eigenvalue weighted by Gasteiger charge is 2.15. The number of aromatic nitrogens is 2. The minimum Gasteiger partial charge on any atom is -0.241 e. The molecule has 110 valence electrons. The Kier molecular flexibility index (Phi) is 6.10. The fourth-order valence-corrected chi connectivity index (χ4v) is 2.99. The van der Waals surface area contributed by atoms with Gasteiger partial charge in [0.1, 0.15) is 0 Å². The van der Waals surface area contributed by atoms with Crippen molar-refractivity contribution in [3.05, 3.63) is 36.2 Å². The summed E-state index contributed by atoms with van der Waals surface area (Å²) >= 11 is 0. The van der Waals surface area contributed by atoms with E-state index in [2.05, 4.69) is 37.3 Å². The molecule has 0 amide bonds. The van der Waals surface area contributed by atoms with E-state index in [4.69, 9.17) is 0 Å². The quantitative estimate of drug-likeness (QED) is 0.545. The van der Waals surface area contributed by atoms with Gasteiger partial charge in [0.05, 0.1) is 11.7 Å². The van der Waals surface area contributed by atoms with Gasteiger partial charge >= 0.3 is 0 Å². The van der Waals surface area contributed by atoms with Crippen LogP contribution in [0.1, 0.15) is 76.7 Å². The summed E-state index contributed by atoms with van der Waals surface area (Å²) in [5.41, 5.74) is 2.75. The molecule has 0 spiro atoms. The highest BCUT2D eigenvalue weighted by Crippen LogP contribution is 2.30. The Morgan fingerprint density at radius 3 is 2.60 bits per heavy atom. The summed E-state index contributed by atoms with van der Waals surface area (Å²) in [5, 5.41) is 4.51. The molecule has 2 aromatic heterocycles. The highest BCUT2D eigenvalue weighted by molar-refractivity contribution is 5.54. The van der Waals surface area contributed by atoms with E-state index in [1.807, 2.05) is 16.8 Å². The molecule has 0 radical (unpaired) electrons. The van der Waals surface area contributed by atoms with Crippen LogP contribution in [-0.2, 0) is 0 Å². The van der Waals surface area contributed by atoms with E-state index in [-0.39, 0.29) is 0 Å². The van der Waals surface area contributed by atoms with Crippen LogP contribution in [0.2, 0.25) is 0 Å². The molecular weight excluding hydrogens is 244 g/mol. The van der Waals surface area contributed by atoms with Gasteiger partial charge in [-0.3, -0.25) is 0 Å². The molecule has 2 heterocycles. The van der Waals surface area contributed by atoms with Gasteiger partial charge in [-0.05, 0) is 30.9 Å². The topological polar surface area (TPSA) is 17.3 Å². The van der Waals surface area contributed by atoms with Crippen molar-refractivity contribution >= 4 is 5.52 Å². The summed E-state index contributed by atoms with van der Waals surface area (Å²) in [4.78, 5) is 0. The molecule has 0 saturated heterocycles. The first-order valence-electron chi connectivity index (χ1n) is 8.29. The summed E-state index contributed by atoms with van der Waals surface area (Å²) in [6.45, 7) is 4.56. The van der Waals surface area contributed by atoms with Gasteiger partial charge < -0.3 is 0 Å². The largest absolute Gasteiger partial charge is 0.241 e. The zero-order valence-corrected chi connectivity index (χ0v) is 13.0. The lowest BCUT2D eigenvalue weighted by molar-refractivity contribution is 0.511. The standard InChI is InChI=1S/C18H28N2/c1-3-5-7-8-12-16(11-6-4-2)17-15-19-20-14-10-9-13-18(17)20/h9-10,13-16H,3-8,11-12H2,1-2H3. The van der Waals surface area contributed by atoms with Crippen molar-refractivity contribution in [2.24, 2.45) is 0 Å². The first-order chi connectivity index (χ1) is 9.86. The third kappa shape index (κ3) is 3.84. The van der Waals surface area contributed by atoms with Crippen LogP contribution in [-0.4, -0.2) is 9.61 Å². The lowest BCUT2D eigenvalue weighted by atomic mass is 9.89. The van der Waals surface area contributed by atoms with Crippen molar-refractivity contribution in [1.82, 2.24) is 9.61 Å². The SMILES string of the molecule is CCCCCCC(CCCC)c1cnn2ccccc12. The predicted molar refractivity (Wildman–Crippen MR) is 86.2 cm³/mol. The van der Waals surface area contributed by atoms with E-state index in [9.17, 15) is 0 Å². The number of unbranched alkanes of at least 4 members (excludes halogenated alkanes) is 4. The number of pyridine rings is 1. The van der Waals surface area contributed by atoms with E-state index >= 15 is 0 Å². The van der Waals surface area contributed by atoms with Crippen molar-refractivity contribution in [2.75, 3.05) is 0 Å². The second kappa shape index (κ2) is 8.08. The molecule has 1 unspecified atom stereocenters. The molecule has 0 N–H and O–H groups in total. The molecule has 20 heavy (non-hydrogen) atoms. The van der Waals surface area contributed by atoms with Crippen LogP contribution < -0.4 is 0 Å². The maximum Gasteiger partial charge on any atom is 0.0696 e. The van der Waals surface area contributed by atoms with E-state index in [0.717, 1.165) is 0 Å². The number of hydrogen-bond donors (Lipinski definition) is 0. The molecule has 0 aliphatic carbocycles. The van der Waals surface area contributed by atoms with Crippen molar-refractivity contribution in [3.63, 3.8) is 0 Å². The molecule has 0 aromatic carbocycles. The van der Waals surface area contributed by atoms with E-state index in [1.165, 1.54) is 62.4 Å². The molecule has 0 aliphatic heterocycles. The van der Waals surface area contributed by atoms with Gasteiger partial charge in [0.25, 0.3) is 0 Å². The summed E-state index contributed by atoms with van der Waals surface area (Å²) in [7, 11) is 0. The fraction of sp³-hybridized carbons (Fsp3) is 0.611. The predicted octanol–water partition coefficient (Wildman–Crippen LogP) is 5.58. The Bertz CT molecular complexity index is 501. The van der Waals surface area contributed by atoms with Gasteiger partial charge in [0.15, 0.2) is 0 Å². The van der Waals surface area contributed by atoms with Crippen molar-refractivity contribution in [3.8, 4) is 0 Å². The number of rotatable bonds is 9. The van der Waals surface area contributed by atoms with Crippen molar-refractivity contribution in [1.29, 1.82) is 0 Å². The van der Waals surface area contributed by atoms with Crippen LogP contribution in [0.25, 0.3) is 5.52 Å². The zero-order chi connectivity index (χ0) is 14.2. The lowest BCUT2D eigenvalue weighted by Gasteiger charge is -2.15. The molecule has 0 aliphatic rings. The molecule has 2 heteroatoms. The highest BCUT2D eigenvalue weighted by atomic mass is 15.2. The minimum atomic E-state index is 0.687. The first kappa shape index (κ1) is 15.1. The second-order valence-corrected chi connectivity index (χ2v) is 5.82.